The lowest BCUT2D eigenvalue weighted by atomic mass is 10.1. The Balaban J connectivity index is 0.00000320. The largest absolute Gasteiger partial charge is 0.493 e. The first-order valence-corrected chi connectivity index (χ1v) is 10.7. The molecule has 0 unspecified atom stereocenters. The molecule has 0 amide bonds. The zero-order valence-corrected chi connectivity index (χ0v) is 20.2. The normalized spacial score (nSPS) is 12.6. The van der Waals surface area contributed by atoms with Crippen LogP contribution in [-0.2, 0) is 24.2 Å². The summed E-state index contributed by atoms with van der Waals surface area (Å²) in [5, 5.41) is 6.76. The van der Waals surface area contributed by atoms with Crippen LogP contribution < -0.4 is 15.4 Å². The standard InChI is InChI=1S/C24H33N3O2.HI/c1-2-25-24(26-14-6-7-16-28-19-21-8-4-3-5-9-21)27-15-12-20-10-11-23-22(18-20)13-17-29-23;/h3-5,8-11,18H,2,6-7,12-17,19H2,1H3,(H2,25,26,27);1H. The quantitative estimate of drug-likeness (QED) is 0.199. The molecule has 0 spiro atoms. The summed E-state index contributed by atoms with van der Waals surface area (Å²) in [4.78, 5) is 4.68. The van der Waals surface area contributed by atoms with Gasteiger partial charge in [-0.3, -0.25) is 4.99 Å². The van der Waals surface area contributed by atoms with E-state index in [-0.39, 0.29) is 24.0 Å². The Morgan fingerprint density at radius 2 is 1.93 bits per heavy atom. The summed E-state index contributed by atoms with van der Waals surface area (Å²) in [5.41, 5.74) is 3.89. The van der Waals surface area contributed by atoms with E-state index < -0.39 is 0 Å². The van der Waals surface area contributed by atoms with Gasteiger partial charge in [-0.15, -0.1) is 24.0 Å². The first-order valence-electron chi connectivity index (χ1n) is 10.7. The Morgan fingerprint density at radius 1 is 1.07 bits per heavy atom. The van der Waals surface area contributed by atoms with Crippen molar-refractivity contribution in [3.8, 4) is 5.75 Å². The molecule has 0 aromatic heterocycles. The number of hydrogen-bond acceptors (Lipinski definition) is 3. The molecule has 6 heteroatoms. The summed E-state index contributed by atoms with van der Waals surface area (Å²) >= 11 is 0. The van der Waals surface area contributed by atoms with Crippen LogP contribution in [0.25, 0.3) is 0 Å². The van der Waals surface area contributed by atoms with Crippen molar-refractivity contribution >= 4 is 29.9 Å². The van der Waals surface area contributed by atoms with E-state index in [2.05, 4.69) is 52.9 Å². The van der Waals surface area contributed by atoms with Gasteiger partial charge in [-0.05, 0) is 48.9 Å². The number of rotatable bonds is 11. The maximum Gasteiger partial charge on any atom is 0.191 e. The molecule has 1 heterocycles. The molecule has 3 rings (SSSR count). The fourth-order valence-electron chi connectivity index (χ4n) is 3.33. The number of ether oxygens (including phenoxy) is 2. The van der Waals surface area contributed by atoms with E-state index in [0.29, 0.717) is 6.61 Å². The zero-order chi connectivity index (χ0) is 20.2. The lowest BCUT2D eigenvalue weighted by Crippen LogP contribution is -2.38. The highest BCUT2D eigenvalue weighted by atomic mass is 127. The predicted molar refractivity (Wildman–Crippen MR) is 134 cm³/mol. The van der Waals surface area contributed by atoms with Crippen LogP contribution in [0.4, 0.5) is 0 Å². The van der Waals surface area contributed by atoms with E-state index >= 15 is 0 Å². The van der Waals surface area contributed by atoms with Crippen molar-refractivity contribution in [2.75, 3.05) is 32.8 Å². The van der Waals surface area contributed by atoms with Crippen LogP contribution in [0.3, 0.4) is 0 Å². The summed E-state index contributed by atoms with van der Waals surface area (Å²) in [5.74, 6) is 1.94. The van der Waals surface area contributed by atoms with Crippen LogP contribution in [0.15, 0.2) is 53.5 Å². The van der Waals surface area contributed by atoms with Gasteiger partial charge in [0.25, 0.3) is 0 Å². The monoisotopic (exact) mass is 523 g/mol. The Kier molecular flexibility index (Phi) is 11.6. The van der Waals surface area contributed by atoms with Crippen molar-refractivity contribution in [3.05, 3.63) is 65.2 Å². The molecule has 0 atom stereocenters. The molecule has 0 bridgehead atoms. The maximum absolute atomic E-state index is 5.73. The van der Waals surface area contributed by atoms with Gasteiger partial charge in [-0.2, -0.15) is 0 Å². The molecule has 0 radical (unpaired) electrons. The molecule has 1 aliphatic heterocycles. The second-order valence-corrected chi connectivity index (χ2v) is 7.22. The summed E-state index contributed by atoms with van der Waals surface area (Å²) in [7, 11) is 0. The fraction of sp³-hybridized carbons (Fsp3) is 0.458. The number of nitrogens with one attached hydrogen (secondary N) is 2. The predicted octanol–water partition coefficient (Wildman–Crippen LogP) is 4.33. The van der Waals surface area contributed by atoms with Crippen molar-refractivity contribution in [2.24, 2.45) is 4.99 Å². The SMILES string of the molecule is CCNC(=NCCCCOCc1ccccc1)NCCc1ccc2c(c1)CCO2.I. The van der Waals surface area contributed by atoms with E-state index in [1.165, 1.54) is 16.7 Å². The number of hydrogen-bond donors (Lipinski definition) is 2. The Morgan fingerprint density at radius 3 is 2.77 bits per heavy atom. The molecule has 0 aliphatic carbocycles. The Labute approximate surface area is 197 Å². The number of unbranched alkanes of at least 4 members (excludes halogenated alkanes) is 1. The lowest BCUT2D eigenvalue weighted by molar-refractivity contribution is 0.117. The van der Waals surface area contributed by atoms with Crippen LogP contribution in [0.1, 0.15) is 36.5 Å². The fourth-order valence-corrected chi connectivity index (χ4v) is 3.33. The van der Waals surface area contributed by atoms with E-state index in [1.807, 2.05) is 18.2 Å². The van der Waals surface area contributed by atoms with Gasteiger partial charge in [0.2, 0.25) is 0 Å². The highest BCUT2D eigenvalue weighted by Gasteiger charge is 2.11. The summed E-state index contributed by atoms with van der Waals surface area (Å²) < 4.78 is 11.3. The number of nitrogens with zero attached hydrogens (tertiary/aromatic N) is 1. The molecule has 2 N–H and O–H groups in total. The van der Waals surface area contributed by atoms with E-state index in [9.17, 15) is 0 Å². The molecule has 30 heavy (non-hydrogen) atoms. The van der Waals surface area contributed by atoms with E-state index in [4.69, 9.17) is 9.47 Å². The Bertz CT molecular complexity index is 768. The number of aliphatic imine (C=N–C) groups is 1. The van der Waals surface area contributed by atoms with Gasteiger partial charge in [-0.25, -0.2) is 0 Å². The molecule has 5 nitrogen and oxygen atoms in total. The van der Waals surface area contributed by atoms with Gasteiger partial charge in [0.15, 0.2) is 5.96 Å². The van der Waals surface area contributed by atoms with Gasteiger partial charge >= 0.3 is 0 Å². The van der Waals surface area contributed by atoms with Crippen LogP contribution in [-0.4, -0.2) is 38.8 Å². The number of guanidine groups is 1. The lowest BCUT2D eigenvalue weighted by Gasteiger charge is -2.12. The molecule has 164 valence electrons. The van der Waals surface area contributed by atoms with Gasteiger partial charge in [0.1, 0.15) is 5.75 Å². The van der Waals surface area contributed by atoms with Crippen LogP contribution in [0.5, 0.6) is 5.75 Å². The van der Waals surface area contributed by atoms with Gasteiger partial charge < -0.3 is 20.1 Å². The molecule has 1 aliphatic rings. The maximum atomic E-state index is 5.73. The van der Waals surface area contributed by atoms with Crippen LogP contribution >= 0.6 is 24.0 Å². The van der Waals surface area contributed by atoms with Gasteiger partial charge in [0, 0.05) is 32.7 Å². The zero-order valence-electron chi connectivity index (χ0n) is 17.9. The van der Waals surface area contributed by atoms with Crippen molar-refractivity contribution in [3.63, 3.8) is 0 Å². The van der Waals surface area contributed by atoms with Gasteiger partial charge in [0.05, 0.1) is 13.2 Å². The topological polar surface area (TPSA) is 54.9 Å². The molecule has 0 fully saturated rings. The smallest absolute Gasteiger partial charge is 0.191 e. The summed E-state index contributed by atoms with van der Waals surface area (Å²) in [6.45, 7) is 6.90. The van der Waals surface area contributed by atoms with Crippen molar-refractivity contribution < 1.29 is 9.47 Å². The minimum Gasteiger partial charge on any atom is -0.493 e. The average molecular weight is 523 g/mol. The number of fused-ring (bicyclic) bond motifs is 1. The third-order valence-corrected chi connectivity index (χ3v) is 4.88. The van der Waals surface area contributed by atoms with Crippen molar-refractivity contribution in [1.29, 1.82) is 0 Å². The minimum atomic E-state index is 0. The minimum absolute atomic E-state index is 0. The van der Waals surface area contributed by atoms with Crippen LogP contribution in [0, 0.1) is 0 Å². The van der Waals surface area contributed by atoms with Crippen molar-refractivity contribution in [1.82, 2.24) is 10.6 Å². The third kappa shape index (κ3) is 8.52. The second kappa shape index (κ2) is 14.2. The van der Waals surface area contributed by atoms with Gasteiger partial charge in [-0.1, -0.05) is 42.5 Å². The molecule has 0 saturated heterocycles. The Hall–Kier alpha value is -1.80. The molecular weight excluding hydrogens is 489 g/mol. The number of benzene rings is 2. The first-order chi connectivity index (χ1) is 14.3. The van der Waals surface area contributed by atoms with E-state index in [1.54, 1.807) is 0 Å². The first kappa shape index (κ1) is 24.5. The van der Waals surface area contributed by atoms with E-state index in [0.717, 1.165) is 70.2 Å². The van der Waals surface area contributed by atoms with Crippen molar-refractivity contribution in [2.45, 2.75) is 39.2 Å². The molecule has 2 aromatic carbocycles. The summed E-state index contributed by atoms with van der Waals surface area (Å²) in [6.07, 6.45) is 4.05. The highest BCUT2D eigenvalue weighted by molar-refractivity contribution is 14.0. The number of halogens is 1. The third-order valence-electron chi connectivity index (χ3n) is 4.88. The average Bonchev–Trinajstić information content (AvgIpc) is 3.21. The highest BCUT2D eigenvalue weighted by Crippen LogP contribution is 2.25. The molecular formula is C24H34IN3O2. The second-order valence-electron chi connectivity index (χ2n) is 7.22. The molecule has 2 aromatic rings. The van der Waals surface area contributed by atoms with Crippen LogP contribution in [0.2, 0.25) is 0 Å². The molecule has 0 saturated carbocycles. The summed E-state index contributed by atoms with van der Waals surface area (Å²) in [6, 6.07) is 16.8.